The number of benzene rings is 1. The number of hydrogen-bond donors (Lipinski definition) is 1. The highest BCUT2D eigenvalue weighted by atomic mass is 16.5. The summed E-state index contributed by atoms with van der Waals surface area (Å²) < 4.78 is 5.26. The first kappa shape index (κ1) is 15.7. The zero-order valence-electron chi connectivity index (χ0n) is 13.6. The van der Waals surface area contributed by atoms with Crippen molar-refractivity contribution in [2.24, 2.45) is 0 Å². The second-order valence-electron chi connectivity index (χ2n) is 5.89. The number of aromatic nitrogens is 1. The summed E-state index contributed by atoms with van der Waals surface area (Å²) in [6, 6.07) is 7.83. The molecule has 0 bridgehead atoms. The molecule has 0 spiro atoms. The molecule has 5 heteroatoms. The summed E-state index contributed by atoms with van der Waals surface area (Å²) in [5.41, 5.74) is 2.32. The Balaban J connectivity index is 2.13. The third-order valence-electron chi connectivity index (χ3n) is 4.38. The van der Waals surface area contributed by atoms with Crippen LogP contribution in [0, 0.1) is 6.92 Å². The van der Waals surface area contributed by atoms with Crippen molar-refractivity contribution in [2.75, 3.05) is 24.6 Å². The van der Waals surface area contributed by atoms with Crippen LogP contribution in [-0.2, 0) is 4.74 Å². The summed E-state index contributed by atoms with van der Waals surface area (Å²) in [4.78, 5) is 19.3. The maximum Gasteiger partial charge on any atom is 0.342 e. The van der Waals surface area contributed by atoms with Crippen molar-refractivity contribution in [3.05, 3.63) is 35.4 Å². The number of piperidine rings is 1. The number of aliphatic hydroxyl groups excluding tert-OH is 1. The number of fused-ring (bicyclic) bond motifs is 1. The van der Waals surface area contributed by atoms with Crippen LogP contribution in [0.5, 0.6) is 0 Å². The quantitative estimate of drug-likeness (QED) is 0.883. The fourth-order valence-corrected chi connectivity index (χ4v) is 3.11. The maximum atomic E-state index is 12.5. The van der Waals surface area contributed by atoms with Crippen molar-refractivity contribution >= 4 is 22.7 Å². The van der Waals surface area contributed by atoms with Crippen molar-refractivity contribution < 1.29 is 14.6 Å². The van der Waals surface area contributed by atoms with Crippen molar-refractivity contribution in [3.63, 3.8) is 0 Å². The van der Waals surface area contributed by atoms with Crippen LogP contribution in [0.3, 0.4) is 0 Å². The summed E-state index contributed by atoms with van der Waals surface area (Å²) in [7, 11) is 0. The number of hydrogen-bond acceptors (Lipinski definition) is 5. The molecule has 1 aromatic carbocycles. The van der Waals surface area contributed by atoms with Gasteiger partial charge in [-0.1, -0.05) is 18.2 Å². The van der Waals surface area contributed by atoms with Crippen LogP contribution in [0.15, 0.2) is 24.3 Å². The Bertz CT molecular complexity index is 722. The first-order valence-corrected chi connectivity index (χ1v) is 8.11. The Morgan fingerprint density at radius 3 is 2.74 bits per heavy atom. The van der Waals surface area contributed by atoms with Crippen LogP contribution in [0.4, 0.5) is 5.82 Å². The number of aryl methyl sites for hydroxylation is 1. The van der Waals surface area contributed by atoms with Crippen molar-refractivity contribution in [1.82, 2.24) is 4.98 Å². The van der Waals surface area contributed by atoms with Gasteiger partial charge in [0.25, 0.3) is 0 Å². The maximum absolute atomic E-state index is 12.5. The van der Waals surface area contributed by atoms with Crippen LogP contribution in [-0.4, -0.2) is 41.9 Å². The number of nitrogens with zero attached hydrogens (tertiary/aromatic N) is 2. The van der Waals surface area contributed by atoms with Gasteiger partial charge in [0.2, 0.25) is 0 Å². The largest absolute Gasteiger partial charge is 0.462 e. The van der Waals surface area contributed by atoms with E-state index in [1.54, 1.807) is 6.92 Å². The molecule has 0 amide bonds. The monoisotopic (exact) mass is 314 g/mol. The first-order chi connectivity index (χ1) is 11.1. The molecule has 0 atom stereocenters. The molecule has 1 fully saturated rings. The van der Waals surface area contributed by atoms with Crippen LogP contribution >= 0.6 is 0 Å². The van der Waals surface area contributed by atoms with Crippen LogP contribution in [0.2, 0.25) is 0 Å². The molecule has 0 unspecified atom stereocenters. The van der Waals surface area contributed by atoms with Crippen LogP contribution in [0.1, 0.15) is 35.7 Å². The lowest BCUT2D eigenvalue weighted by Gasteiger charge is -2.32. The molecule has 5 nitrogen and oxygen atoms in total. The van der Waals surface area contributed by atoms with Gasteiger partial charge in [0, 0.05) is 18.5 Å². The summed E-state index contributed by atoms with van der Waals surface area (Å²) in [5, 5.41) is 10.7. The SMILES string of the molecule is CCOC(=O)c1c(N2CCC(O)CC2)nc2ccccc2c1C. The molecule has 3 rings (SSSR count). The molecule has 2 heterocycles. The number of ether oxygens (including phenoxy) is 1. The smallest absolute Gasteiger partial charge is 0.342 e. The number of aliphatic hydroxyl groups is 1. The van der Waals surface area contributed by atoms with Crippen molar-refractivity contribution in [3.8, 4) is 0 Å². The van der Waals surface area contributed by atoms with E-state index in [2.05, 4.69) is 4.90 Å². The van der Waals surface area contributed by atoms with Gasteiger partial charge in [0.1, 0.15) is 11.4 Å². The minimum absolute atomic E-state index is 0.265. The van der Waals surface area contributed by atoms with Crippen molar-refractivity contribution in [2.45, 2.75) is 32.8 Å². The summed E-state index contributed by atoms with van der Waals surface area (Å²) in [6.45, 7) is 5.47. The number of para-hydroxylation sites is 1. The Labute approximate surface area is 135 Å². The molecule has 1 saturated heterocycles. The van der Waals surface area contributed by atoms with Gasteiger partial charge in [-0.05, 0) is 38.3 Å². The Kier molecular flexibility index (Phi) is 4.48. The highest BCUT2D eigenvalue weighted by Gasteiger charge is 2.26. The summed E-state index contributed by atoms with van der Waals surface area (Å²) in [5.74, 6) is 0.343. The lowest BCUT2D eigenvalue weighted by atomic mass is 10.0. The molecule has 0 aliphatic carbocycles. The third kappa shape index (κ3) is 3.01. The molecular weight excluding hydrogens is 292 g/mol. The molecule has 1 aliphatic heterocycles. The van der Waals surface area contributed by atoms with Crippen molar-refractivity contribution in [1.29, 1.82) is 0 Å². The number of pyridine rings is 1. The van der Waals surface area contributed by atoms with Gasteiger partial charge >= 0.3 is 5.97 Å². The third-order valence-corrected chi connectivity index (χ3v) is 4.38. The predicted octanol–water partition coefficient (Wildman–Crippen LogP) is 2.68. The lowest BCUT2D eigenvalue weighted by molar-refractivity contribution is 0.0526. The molecule has 122 valence electrons. The van der Waals surface area contributed by atoms with E-state index >= 15 is 0 Å². The number of esters is 1. The van der Waals surface area contributed by atoms with E-state index < -0.39 is 0 Å². The van der Waals surface area contributed by atoms with Crippen LogP contribution < -0.4 is 4.90 Å². The molecule has 1 N–H and O–H groups in total. The van der Waals surface area contributed by atoms with E-state index in [0.717, 1.165) is 16.5 Å². The fraction of sp³-hybridized carbons (Fsp3) is 0.444. The standard InChI is InChI=1S/C18H22N2O3/c1-3-23-18(22)16-12(2)14-6-4-5-7-15(14)19-17(16)20-10-8-13(21)9-11-20/h4-7,13,21H,3,8-11H2,1-2H3. The van der Waals surface area contributed by atoms with Gasteiger partial charge in [0.15, 0.2) is 0 Å². The summed E-state index contributed by atoms with van der Waals surface area (Å²) in [6.07, 6.45) is 1.12. The molecule has 1 aromatic heterocycles. The second kappa shape index (κ2) is 6.54. The molecule has 1 aliphatic rings. The van der Waals surface area contributed by atoms with Gasteiger partial charge in [-0.3, -0.25) is 0 Å². The molecule has 23 heavy (non-hydrogen) atoms. The second-order valence-corrected chi connectivity index (χ2v) is 5.89. The lowest BCUT2D eigenvalue weighted by Crippen LogP contribution is -2.37. The molecule has 2 aromatic rings. The van der Waals surface area contributed by atoms with E-state index in [4.69, 9.17) is 9.72 Å². The van der Waals surface area contributed by atoms with E-state index in [1.165, 1.54) is 0 Å². The zero-order chi connectivity index (χ0) is 16.4. The van der Waals surface area contributed by atoms with E-state index in [0.29, 0.717) is 43.9 Å². The normalized spacial score (nSPS) is 15.9. The van der Waals surface area contributed by atoms with Gasteiger partial charge in [-0.2, -0.15) is 0 Å². The average Bonchev–Trinajstić information content (AvgIpc) is 2.55. The highest BCUT2D eigenvalue weighted by Crippen LogP contribution is 2.30. The number of anilines is 1. The molecular formula is C18H22N2O3. The summed E-state index contributed by atoms with van der Waals surface area (Å²) >= 11 is 0. The van der Waals surface area contributed by atoms with Gasteiger partial charge in [0.05, 0.1) is 18.2 Å². The molecule has 0 radical (unpaired) electrons. The minimum atomic E-state index is -0.329. The Morgan fingerprint density at radius 2 is 2.04 bits per heavy atom. The van der Waals surface area contributed by atoms with Gasteiger partial charge < -0.3 is 14.7 Å². The van der Waals surface area contributed by atoms with Gasteiger partial charge in [-0.15, -0.1) is 0 Å². The topological polar surface area (TPSA) is 62.7 Å². The van der Waals surface area contributed by atoms with E-state index in [9.17, 15) is 9.90 Å². The average molecular weight is 314 g/mol. The Morgan fingerprint density at radius 1 is 1.35 bits per heavy atom. The van der Waals surface area contributed by atoms with E-state index in [-0.39, 0.29) is 12.1 Å². The van der Waals surface area contributed by atoms with E-state index in [1.807, 2.05) is 31.2 Å². The predicted molar refractivity (Wildman–Crippen MR) is 89.9 cm³/mol. The highest BCUT2D eigenvalue weighted by molar-refractivity contribution is 6.02. The molecule has 0 saturated carbocycles. The first-order valence-electron chi connectivity index (χ1n) is 8.11. The van der Waals surface area contributed by atoms with Gasteiger partial charge in [-0.25, -0.2) is 9.78 Å². The Hall–Kier alpha value is -2.14. The van der Waals surface area contributed by atoms with Crippen LogP contribution in [0.25, 0.3) is 10.9 Å². The fourth-order valence-electron chi connectivity index (χ4n) is 3.11. The number of rotatable bonds is 3. The number of carbonyl (C=O) groups is 1. The minimum Gasteiger partial charge on any atom is -0.462 e. The zero-order valence-corrected chi connectivity index (χ0v) is 13.6. The number of carbonyl (C=O) groups excluding carboxylic acids is 1.